The van der Waals surface area contributed by atoms with Gasteiger partial charge in [-0.2, -0.15) is 0 Å². The monoisotopic (exact) mass is 417 g/mol. The Balaban J connectivity index is 0.00000182. The standard InChI is InChI=1S/C20H31N3O2.2ClH/c1-20(21)9-5-4-8-18(20)19(24)22-14-16-6-2-3-7-17(16)15-23-10-12-25-13-11-23;;/h2-3,6-7,18H,4-5,8-15,21H2,1H3,(H,22,24);2*1H. The Hall–Kier alpha value is -0.850. The maximum atomic E-state index is 12.7. The van der Waals surface area contributed by atoms with Gasteiger partial charge in [-0.3, -0.25) is 9.69 Å². The SMILES string of the molecule is CC1(N)CCCCC1C(=O)NCc1ccccc1CN1CCOCC1.Cl.Cl. The lowest BCUT2D eigenvalue weighted by Gasteiger charge is -2.37. The fraction of sp³-hybridized carbons (Fsp3) is 0.650. The number of halogens is 2. The van der Waals surface area contributed by atoms with E-state index in [2.05, 4.69) is 28.4 Å². The van der Waals surface area contributed by atoms with E-state index in [0.29, 0.717) is 6.54 Å². The van der Waals surface area contributed by atoms with Gasteiger partial charge in [-0.25, -0.2) is 0 Å². The van der Waals surface area contributed by atoms with E-state index in [1.54, 1.807) is 0 Å². The molecule has 0 aromatic heterocycles. The van der Waals surface area contributed by atoms with Gasteiger partial charge in [-0.05, 0) is 30.9 Å². The summed E-state index contributed by atoms with van der Waals surface area (Å²) in [7, 11) is 0. The van der Waals surface area contributed by atoms with Gasteiger partial charge in [-0.1, -0.05) is 37.1 Å². The number of hydrogen-bond acceptors (Lipinski definition) is 4. The average molecular weight is 418 g/mol. The third kappa shape index (κ3) is 6.61. The minimum absolute atomic E-state index is 0. The molecule has 1 aromatic rings. The molecule has 1 saturated carbocycles. The van der Waals surface area contributed by atoms with E-state index >= 15 is 0 Å². The normalized spacial score (nSPS) is 25.8. The Morgan fingerprint density at radius 2 is 1.89 bits per heavy atom. The quantitative estimate of drug-likeness (QED) is 0.772. The highest BCUT2D eigenvalue weighted by atomic mass is 35.5. The topological polar surface area (TPSA) is 67.6 Å². The van der Waals surface area contributed by atoms with E-state index in [9.17, 15) is 4.79 Å². The summed E-state index contributed by atoms with van der Waals surface area (Å²) in [6, 6.07) is 8.38. The molecule has 2 unspecified atom stereocenters. The number of carbonyl (C=O) groups is 1. The molecular weight excluding hydrogens is 385 g/mol. The molecule has 0 spiro atoms. The second-order valence-electron chi connectivity index (χ2n) is 7.68. The number of amides is 1. The zero-order valence-corrected chi connectivity index (χ0v) is 17.7. The van der Waals surface area contributed by atoms with Crippen molar-refractivity contribution in [2.45, 2.75) is 51.2 Å². The van der Waals surface area contributed by atoms with Gasteiger partial charge in [0, 0.05) is 31.7 Å². The lowest BCUT2D eigenvalue weighted by molar-refractivity contribution is -0.128. The molecule has 5 nitrogen and oxygen atoms in total. The molecule has 154 valence electrons. The Morgan fingerprint density at radius 1 is 1.22 bits per heavy atom. The molecule has 3 rings (SSSR count). The van der Waals surface area contributed by atoms with Crippen molar-refractivity contribution in [1.29, 1.82) is 0 Å². The second-order valence-corrected chi connectivity index (χ2v) is 7.68. The van der Waals surface area contributed by atoms with E-state index in [4.69, 9.17) is 10.5 Å². The Labute approximate surface area is 175 Å². The number of rotatable bonds is 5. The maximum absolute atomic E-state index is 12.7. The number of nitrogens with two attached hydrogens (primary N) is 1. The van der Waals surface area contributed by atoms with Gasteiger partial charge < -0.3 is 15.8 Å². The highest BCUT2D eigenvalue weighted by Crippen LogP contribution is 2.31. The molecule has 27 heavy (non-hydrogen) atoms. The fourth-order valence-electron chi connectivity index (χ4n) is 3.98. The van der Waals surface area contributed by atoms with E-state index < -0.39 is 0 Å². The Morgan fingerprint density at radius 3 is 2.56 bits per heavy atom. The average Bonchev–Trinajstić information content (AvgIpc) is 2.61. The van der Waals surface area contributed by atoms with Gasteiger partial charge in [0.25, 0.3) is 0 Å². The van der Waals surface area contributed by atoms with Crippen molar-refractivity contribution < 1.29 is 9.53 Å². The molecule has 2 fully saturated rings. The number of hydrogen-bond donors (Lipinski definition) is 2. The second kappa shape index (κ2) is 11.2. The predicted molar refractivity (Wildman–Crippen MR) is 113 cm³/mol. The van der Waals surface area contributed by atoms with Crippen LogP contribution in [0.25, 0.3) is 0 Å². The van der Waals surface area contributed by atoms with Crippen LogP contribution >= 0.6 is 24.8 Å². The zero-order valence-electron chi connectivity index (χ0n) is 16.1. The molecular formula is C20H33Cl2N3O2. The molecule has 1 aliphatic heterocycles. The van der Waals surface area contributed by atoms with Crippen LogP contribution in [0, 0.1) is 5.92 Å². The number of carbonyl (C=O) groups excluding carboxylic acids is 1. The molecule has 0 radical (unpaired) electrons. The van der Waals surface area contributed by atoms with Crippen LogP contribution < -0.4 is 11.1 Å². The largest absolute Gasteiger partial charge is 0.379 e. The van der Waals surface area contributed by atoms with Gasteiger partial charge in [0.2, 0.25) is 5.91 Å². The number of morpholine rings is 1. The van der Waals surface area contributed by atoms with Crippen LogP contribution in [0.4, 0.5) is 0 Å². The maximum Gasteiger partial charge on any atom is 0.225 e. The summed E-state index contributed by atoms with van der Waals surface area (Å²) < 4.78 is 5.42. The lowest BCUT2D eigenvalue weighted by atomic mass is 9.74. The van der Waals surface area contributed by atoms with Gasteiger partial charge in [0.15, 0.2) is 0 Å². The van der Waals surface area contributed by atoms with Crippen molar-refractivity contribution in [2.75, 3.05) is 26.3 Å². The number of benzene rings is 1. The molecule has 0 bridgehead atoms. The van der Waals surface area contributed by atoms with Gasteiger partial charge in [-0.15, -0.1) is 24.8 Å². The summed E-state index contributed by atoms with van der Waals surface area (Å²) in [4.78, 5) is 15.1. The third-order valence-corrected chi connectivity index (χ3v) is 5.64. The van der Waals surface area contributed by atoms with Crippen LogP contribution in [0.5, 0.6) is 0 Å². The molecule has 2 atom stereocenters. The smallest absolute Gasteiger partial charge is 0.225 e. The summed E-state index contributed by atoms with van der Waals surface area (Å²) in [6.07, 6.45) is 4.05. The van der Waals surface area contributed by atoms with Crippen LogP contribution in [0.3, 0.4) is 0 Å². The van der Waals surface area contributed by atoms with Crippen molar-refractivity contribution in [3.63, 3.8) is 0 Å². The molecule has 3 N–H and O–H groups in total. The molecule has 1 heterocycles. The van der Waals surface area contributed by atoms with Gasteiger partial charge in [0.05, 0.1) is 19.1 Å². The summed E-state index contributed by atoms with van der Waals surface area (Å²) in [6.45, 7) is 7.04. The van der Waals surface area contributed by atoms with Crippen LogP contribution in [0.1, 0.15) is 43.7 Å². The predicted octanol–water partition coefficient (Wildman–Crippen LogP) is 2.89. The first-order valence-corrected chi connectivity index (χ1v) is 9.50. The highest BCUT2D eigenvalue weighted by Gasteiger charge is 2.37. The first kappa shape index (κ1) is 24.2. The van der Waals surface area contributed by atoms with Gasteiger partial charge >= 0.3 is 0 Å². The van der Waals surface area contributed by atoms with Crippen molar-refractivity contribution >= 4 is 30.7 Å². The Bertz CT molecular complexity index is 592. The van der Waals surface area contributed by atoms with Crippen molar-refractivity contribution in [3.8, 4) is 0 Å². The third-order valence-electron chi connectivity index (χ3n) is 5.64. The molecule has 1 aliphatic carbocycles. The number of ether oxygens (including phenoxy) is 1. The minimum atomic E-state index is -0.379. The molecule has 7 heteroatoms. The zero-order chi connectivity index (χ0) is 17.7. The van der Waals surface area contributed by atoms with Crippen LogP contribution in [-0.2, 0) is 22.6 Å². The molecule has 1 aromatic carbocycles. The van der Waals surface area contributed by atoms with Crippen LogP contribution in [-0.4, -0.2) is 42.6 Å². The van der Waals surface area contributed by atoms with E-state index in [0.717, 1.165) is 58.5 Å². The molecule has 2 aliphatic rings. The Kier molecular flexibility index (Phi) is 10.1. The van der Waals surface area contributed by atoms with Crippen molar-refractivity contribution in [1.82, 2.24) is 10.2 Å². The van der Waals surface area contributed by atoms with E-state index in [1.165, 1.54) is 11.1 Å². The molecule has 1 amide bonds. The number of nitrogens with one attached hydrogen (secondary N) is 1. The van der Waals surface area contributed by atoms with E-state index in [-0.39, 0.29) is 42.2 Å². The number of nitrogens with zero attached hydrogens (tertiary/aromatic N) is 1. The minimum Gasteiger partial charge on any atom is -0.379 e. The van der Waals surface area contributed by atoms with Crippen molar-refractivity contribution in [3.05, 3.63) is 35.4 Å². The van der Waals surface area contributed by atoms with Crippen LogP contribution in [0.2, 0.25) is 0 Å². The fourth-order valence-corrected chi connectivity index (χ4v) is 3.98. The molecule has 1 saturated heterocycles. The van der Waals surface area contributed by atoms with Crippen LogP contribution in [0.15, 0.2) is 24.3 Å². The lowest BCUT2D eigenvalue weighted by Crippen LogP contribution is -2.52. The summed E-state index contributed by atoms with van der Waals surface area (Å²) >= 11 is 0. The highest BCUT2D eigenvalue weighted by molar-refractivity contribution is 5.85. The summed E-state index contributed by atoms with van der Waals surface area (Å²) in [5, 5.41) is 3.14. The summed E-state index contributed by atoms with van der Waals surface area (Å²) in [5.41, 5.74) is 8.46. The van der Waals surface area contributed by atoms with Crippen molar-refractivity contribution in [2.24, 2.45) is 11.7 Å². The van der Waals surface area contributed by atoms with Gasteiger partial charge in [0.1, 0.15) is 0 Å². The summed E-state index contributed by atoms with van der Waals surface area (Å²) in [5.74, 6) is 0.0264. The van der Waals surface area contributed by atoms with E-state index in [1.807, 2.05) is 13.0 Å². The first-order chi connectivity index (χ1) is 12.1. The first-order valence-electron chi connectivity index (χ1n) is 9.50.